The van der Waals surface area contributed by atoms with Crippen LogP contribution in [0.2, 0.25) is 0 Å². The Morgan fingerprint density at radius 1 is 1.40 bits per heavy atom. The van der Waals surface area contributed by atoms with Gasteiger partial charge in [-0.05, 0) is 31.5 Å². The minimum atomic E-state index is -1.47. The van der Waals surface area contributed by atoms with Crippen molar-refractivity contribution in [1.29, 1.82) is 0 Å². The van der Waals surface area contributed by atoms with Crippen LogP contribution < -0.4 is 10.1 Å². The second-order valence-corrected chi connectivity index (χ2v) is 4.51. The normalized spacial score (nSPS) is 13.3. The topological polar surface area (TPSA) is 95.9 Å². The average molecular weight is 281 g/mol. The fourth-order valence-corrected chi connectivity index (χ4v) is 1.55. The first-order valence-corrected chi connectivity index (χ1v) is 6.32. The Morgan fingerprint density at radius 2 is 2.10 bits per heavy atom. The predicted octanol–water partition coefficient (Wildman–Crippen LogP) is 0.714. The van der Waals surface area contributed by atoms with Gasteiger partial charge in [0.05, 0.1) is 0 Å². The van der Waals surface area contributed by atoms with Gasteiger partial charge in [-0.15, -0.1) is 0 Å². The van der Waals surface area contributed by atoms with Crippen LogP contribution in [0.3, 0.4) is 0 Å². The van der Waals surface area contributed by atoms with Crippen LogP contribution in [0.25, 0.3) is 0 Å². The summed E-state index contributed by atoms with van der Waals surface area (Å²) in [5, 5.41) is 20.1. The van der Waals surface area contributed by atoms with Crippen LogP contribution >= 0.6 is 0 Å². The van der Waals surface area contributed by atoms with Crippen molar-refractivity contribution in [1.82, 2.24) is 5.32 Å². The number of aryl methyl sites for hydroxylation is 1. The molecule has 1 aromatic rings. The van der Waals surface area contributed by atoms with Crippen molar-refractivity contribution in [3.05, 3.63) is 29.8 Å². The van der Waals surface area contributed by atoms with Crippen LogP contribution in [-0.4, -0.2) is 40.8 Å². The zero-order valence-corrected chi connectivity index (χ0v) is 11.5. The van der Waals surface area contributed by atoms with Crippen LogP contribution in [0.1, 0.15) is 18.9 Å². The van der Waals surface area contributed by atoms with Gasteiger partial charge in [0.25, 0.3) is 5.91 Å². The quantitative estimate of drug-likeness (QED) is 0.684. The van der Waals surface area contributed by atoms with Crippen molar-refractivity contribution in [3.63, 3.8) is 0 Å². The zero-order chi connectivity index (χ0) is 15.1. The number of nitrogens with one attached hydrogen (secondary N) is 1. The van der Waals surface area contributed by atoms with Gasteiger partial charge < -0.3 is 20.3 Å². The van der Waals surface area contributed by atoms with Gasteiger partial charge in [0.1, 0.15) is 5.75 Å². The number of aliphatic hydroxyl groups excluding tert-OH is 1. The number of aliphatic hydroxyl groups is 1. The first-order valence-electron chi connectivity index (χ1n) is 6.32. The van der Waals surface area contributed by atoms with Crippen molar-refractivity contribution in [3.8, 4) is 5.75 Å². The van der Waals surface area contributed by atoms with E-state index in [1.807, 2.05) is 25.1 Å². The van der Waals surface area contributed by atoms with E-state index in [1.54, 1.807) is 13.0 Å². The predicted molar refractivity (Wildman–Crippen MR) is 72.5 cm³/mol. The smallest absolute Gasteiger partial charge is 0.332 e. The summed E-state index contributed by atoms with van der Waals surface area (Å²) in [6, 6.07) is 7.33. The van der Waals surface area contributed by atoms with E-state index in [0.717, 1.165) is 5.56 Å². The van der Waals surface area contributed by atoms with Crippen LogP contribution in [0, 0.1) is 6.92 Å². The number of carboxylic acid groups (broad SMARTS) is 1. The van der Waals surface area contributed by atoms with Crippen molar-refractivity contribution >= 4 is 11.9 Å². The lowest BCUT2D eigenvalue weighted by Crippen LogP contribution is -2.38. The van der Waals surface area contributed by atoms with E-state index < -0.39 is 18.2 Å². The molecule has 1 rings (SSSR count). The van der Waals surface area contributed by atoms with E-state index in [2.05, 4.69) is 5.32 Å². The molecule has 0 saturated carbocycles. The molecule has 1 unspecified atom stereocenters. The van der Waals surface area contributed by atoms with Gasteiger partial charge in [0.15, 0.2) is 12.2 Å². The van der Waals surface area contributed by atoms with Gasteiger partial charge >= 0.3 is 5.97 Å². The third kappa shape index (κ3) is 5.27. The van der Waals surface area contributed by atoms with Crippen molar-refractivity contribution in [2.24, 2.45) is 0 Å². The van der Waals surface area contributed by atoms with Gasteiger partial charge in [-0.3, -0.25) is 4.79 Å². The largest absolute Gasteiger partial charge is 0.481 e. The second-order valence-electron chi connectivity index (χ2n) is 4.51. The lowest BCUT2D eigenvalue weighted by Gasteiger charge is -2.15. The molecule has 0 heterocycles. The Labute approximate surface area is 117 Å². The Balaban J connectivity index is 2.38. The molecule has 1 amide bonds. The number of benzene rings is 1. The number of hydrogen-bond donors (Lipinski definition) is 3. The first kappa shape index (κ1) is 16.0. The molecule has 0 radical (unpaired) electrons. The van der Waals surface area contributed by atoms with Crippen LogP contribution in [0.4, 0.5) is 0 Å². The Hall–Kier alpha value is -2.08. The number of amides is 1. The first-order chi connectivity index (χ1) is 9.40. The highest BCUT2D eigenvalue weighted by molar-refractivity contribution is 5.80. The molecule has 0 saturated heterocycles. The molecule has 6 heteroatoms. The maximum atomic E-state index is 11.7. The molecule has 3 N–H and O–H groups in total. The van der Waals surface area contributed by atoms with Crippen molar-refractivity contribution in [2.75, 3.05) is 6.54 Å². The highest BCUT2D eigenvalue weighted by atomic mass is 16.5. The molecule has 1 aromatic carbocycles. The monoisotopic (exact) mass is 281 g/mol. The third-order valence-corrected chi connectivity index (χ3v) is 2.67. The molecular formula is C14H19NO5. The van der Waals surface area contributed by atoms with E-state index in [0.29, 0.717) is 5.75 Å². The van der Waals surface area contributed by atoms with Crippen molar-refractivity contribution in [2.45, 2.75) is 32.5 Å². The molecule has 6 nitrogen and oxygen atoms in total. The molecule has 0 aliphatic heterocycles. The lowest BCUT2D eigenvalue weighted by atomic mass is 10.2. The molecule has 20 heavy (non-hydrogen) atoms. The SMILES string of the molecule is Cc1cccc(OC(C)C(=O)NCC[C@H](O)C(=O)O)c1. The van der Waals surface area contributed by atoms with Gasteiger partial charge in [0.2, 0.25) is 0 Å². The molecule has 0 fully saturated rings. The summed E-state index contributed by atoms with van der Waals surface area (Å²) in [4.78, 5) is 22.1. The second kappa shape index (κ2) is 7.49. The molecule has 0 bridgehead atoms. The number of ether oxygens (including phenoxy) is 1. The summed E-state index contributed by atoms with van der Waals surface area (Å²) in [5.41, 5.74) is 1.03. The van der Waals surface area contributed by atoms with E-state index >= 15 is 0 Å². The van der Waals surface area contributed by atoms with Gasteiger partial charge in [-0.1, -0.05) is 12.1 Å². The summed E-state index contributed by atoms with van der Waals surface area (Å²) in [7, 11) is 0. The molecular weight excluding hydrogens is 262 g/mol. The number of carbonyl (C=O) groups excluding carboxylic acids is 1. The number of rotatable bonds is 7. The summed E-state index contributed by atoms with van der Waals surface area (Å²) in [5.74, 6) is -1.06. The Bertz CT molecular complexity index is 474. The van der Waals surface area contributed by atoms with E-state index in [9.17, 15) is 9.59 Å². The van der Waals surface area contributed by atoms with Crippen LogP contribution in [0.5, 0.6) is 5.75 Å². The summed E-state index contributed by atoms with van der Waals surface area (Å²) in [6.07, 6.45) is -2.21. The van der Waals surface area contributed by atoms with Crippen molar-refractivity contribution < 1.29 is 24.5 Å². The van der Waals surface area contributed by atoms with Crippen LogP contribution in [0.15, 0.2) is 24.3 Å². The highest BCUT2D eigenvalue weighted by Gasteiger charge is 2.16. The number of aliphatic carboxylic acids is 1. The maximum Gasteiger partial charge on any atom is 0.332 e. The molecule has 0 aliphatic carbocycles. The third-order valence-electron chi connectivity index (χ3n) is 2.67. The fraction of sp³-hybridized carbons (Fsp3) is 0.429. The van der Waals surface area contributed by atoms with E-state index in [1.165, 1.54) is 0 Å². The number of carboxylic acids is 1. The molecule has 0 spiro atoms. The van der Waals surface area contributed by atoms with E-state index in [-0.39, 0.29) is 18.9 Å². The van der Waals surface area contributed by atoms with Gasteiger partial charge in [-0.2, -0.15) is 0 Å². The molecule has 0 aliphatic rings. The molecule has 0 aromatic heterocycles. The lowest BCUT2D eigenvalue weighted by molar-refractivity contribution is -0.147. The number of hydrogen-bond acceptors (Lipinski definition) is 4. The summed E-state index contributed by atoms with van der Waals surface area (Å²) < 4.78 is 5.47. The Morgan fingerprint density at radius 3 is 2.70 bits per heavy atom. The van der Waals surface area contributed by atoms with Gasteiger partial charge in [-0.25, -0.2) is 4.79 Å². The Kier molecular flexibility index (Phi) is 5.99. The average Bonchev–Trinajstić information content (AvgIpc) is 2.38. The molecule has 110 valence electrons. The van der Waals surface area contributed by atoms with Gasteiger partial charge in [0, 0.05) is 13.0 Å². The minimum absolute atomic E-state index is 0.0434. The van der Waals surface area contributed by atoms with Crippen LogP contribution in [-0.2, 0) is 9.59 Å². The summed E-state index contributed by atoms with van der Waals surface area (Å²) >= 11 is 0. The zero-order valence-electron chi connectivity index (χ0n) is 11.5. The standard InChI is InChI=1S/C14H19NO5/c1-9-4-3-5-11(8-9)20-10(2)13(17)15-7-6-12(16)14(18)19/h3-5,8,10,12,16H,6-7H2,1-2H3,(H,15,17)(H,18,19)/t10?,12-/m0/s1. The summed E-state index contributed by atoms with van der Waals surface area (Å²) in [6.45, 7) is 3.60. The number of carbonyl (C=O) groups is 2. The highest BCUT2D eigenvalue weighted by Crippen LogP contribution is 2.14. The maximum absolute atomic E-state index is 11.7. The molecule has 2 atom stereocenters. The fourth-order valence-electron chi connectivity index (χ4n) is 1.55. The van der Waals surface area contributed by atoms with E-state index in [4.69, 9.17) is 14.9 Å². The minimum Gasteiger partial charge on any atom is -0.481 e.